The minimum atomic E-state index is 1.20. The molecule has 0 heteroatoms. The van der Waals surface area contributed by atoms with E-state index in [4.69, 9.17) is 0 Å². The van der Waals surface area contributed by atoms with Gasteiger partial charge in [0.1, 0.15) is 0 Å². The number of hydrogen-bond donors (Lipinski definition) is 0. The van der Waals surface area contributed by atoms with Crippen molar-refractivity contribution >= 4 is 5.57 Å². The molecule has 0 aliphatic heterocycles. The van der Waals surface area contributed by atoms with Gasteiger partial charge in [0.2, 0.25) is 0 Å². The fraction of sp³-hybridized carbons (Fsp3) is 0. The molecular formula is C42H40. The van der Waals surface area contributed by atoms with Crippen LogP contribution in [0.25, 0.3) is 5.57 Å². The Morgan fingerprint density at radius 1 is 0.310 bits per heavy atom. The van der Waals surface area contributed by atoms with E-state index in [2.05, 4.69) is 67.3 Å². The molecule has 0 saturated heterocycles. The van der Waals surface area contributed by atoms with Gasteiger partial charge in [0.15, 0.2) is 0 Å². The van der Waals surface area contributed by atoms with Crippen LogP contribution in [0.1, 0.15) is 11.1 Å². The zero-order chi connectivity index (χ0) is 29.6. The molecule has 0 nitrogen and oxygen atoms in total. The molecule has 0 aliphatic rings. The average molecular weight is 545 g/mol. The molecule has 208 valence electrons. The molecule has 0 atom stereocenters. The Kier molecular flexibility index (Phi) is 19.2. The standard InChI is InChI=1S/C42H40/c1-2-3-4-5-6-7-8-9-10-11-12-13-14-15-16-17-18-19-20-21-22-23-24-25-26-27-34-39-42(40-35-30-28-31-36-40)41-37-32-29-33-38-41/h2-39H,1H2. The van der Waals surface area contributed by atoms with Crippen LogP contribution in [0.5, 0.6) is 0 Å². The molecule has 0 radical (unpaired) electrons. The highest BCUT2D eigenvalue weighted by atomic mass is 14.1. The first kappa shape index (κ1) is 32.8. The van der Waals surface area contributed by atoms with Crippen molar-refractivity contribution in [3.63, 3.8) is 0 Å². The van der Waals surface area contributed by atoms with Gasteiger partial charge in [-0.15, -0.1) is 0 Å². The van der Waals surface area contributed by atoms with E-state index in [1.807, 2.05) is 164 Å². The van der Waals surface area contributed by atoms with E-state index in [1.165, 1.54) is 16.7 Å². The van der Waals surface area contributed by atoms with E-state index in [0.717, 1.165) is 0 Å². The third kappa shape index (κ3) is 17.2. The predicted octanol–water partition coefficient (Wildman–Crippen LogP) is 11.5. The number of hydrogen-bond acceptors (Lipinski definition) is 0. The summed E-state index contributed by atoms with van der Waals surface area (Å²) in [5.74, 6) is 0. The van der Waals surface area contributed by atoms with E-state index in [1.54, 1.807) is 6.08 Å². The lowest BCUT2D eigenvalue weighted by molar-refractivity contribution is 1.55. The second-order valence-corrected chi connectivity index (χ2v) is 8.55. The van der Waals surface area contributed by atoms with Crippen LogP contribution >= 0.6 is 0 Å². The van der Waals surface area contributed by atoms with Crippen molar-refractivity contribution in [3.8, 4) is 0 Å². The van der Waals surface area contributed by atoms with Gasteiger partial charge in [-0.25, -0.2) is 0 Å². The second-order valence-electron chi connectivity index (χ2n) is 8.55. The lowest BCUT2D eigenvalue weighted by Gasteiger charge is -2.07. The molecule has 0 spiro atoms. The molecule has 42 heavy (non-hydrogen) atoms. The SMILES string of the molecule is C=CC=CC=CC=CC=CC=CC=CC=CC=CC=CC=CC=CC=CC=CC=C(c1ccccc1)c1ccccc1. The van der Waals surface area contributed by atoms with E-state index in [0.29, 0.717) is 0 Å². The van der Waals surface area contributed by atoms with Gasteiger partial charge in [-0.05, 0) is 16.7 Å². The Morgan fingerprint density at radius 3 is 0.810 bits per heavy atom. The normalized spacial score (nSPS) is 13.5. The summed E-state index contributed by atoms with van der Waals surface area (Å²) >= 11 is 0. The first-order valence-corrected chi connectivity index (χ1v) is 14.0. The van der Waals surface area contributed by atoms with Crippen LogP contribution in [0.15, 0.2) is 237 Å². The zero-order valence-electron chi connectivity index (χ0n) is 24.1. The Balaban J connectivity index is 1.66. The van der Waals surface area contributed by atoms with Crippen LogP contribution in [0, 0.1) is 0 Å². The van der Waals surface area contributed by atoms with Crippen molar-refractivity contribution in [1.82, 2.24) is 0 Å². The van der Waals surface area contributed by atoms with Crippen molar-refractivity contribution in [2.75, 3.05) is 0 Å². The molecular weight excluding hydrogens is 504 g/mol. The Hall–Kier alpha value is -5.46. The molecule has 0 aliphatic carbocycles. The maximum Gasteiger partial charge on any atom is -0.0111 e. The summed E-state index contributed by atoms with van der Waals surface area (Å²) in [4.78, 5) is 0. The predicted molar refractivity (Wildman–Crippen MR) is 189 cm³/mol. The molecule has 2 aromatic carbocycles. The monoisotopic (exact) mass is 544 g/mol. The summed E-state index contributed by atoms with van der Waals surface area (Å²) in [5.41, 5.74) is 3.61. The minimum Gasteiger partial charge on any atom is -0.0991 e. The highest BCUT2D eigenvalue weighted by Gasteiger charge is 2.02. The van der Waals surface area contributed by atoms with Crippen LogP contribution in [-0.4, -0.2) is 0 Å². The molecule has 0 fully saturated rings. The van der Waals surface area contributed by atoms with Gasteiger partial charge in [-0.2, -0.15) is 0 Å². The summed E-state index contributed by atoms with van der Waals surface area (Å²) in [5, 5.41) is 0. The summed E-state index contributed by atoms with van der Waals surface area (Å²) in [7, 11) is 0. The summed E-state index contributed by atoms with van der Waals surface area (Å²) in [6.07, 6.45) is 55.8. The maximum atomic E-state index is 3.62. The second kappa shape index (κ2) is 24.6. The number of allylic oxidation sites excluding steroid dienone is 28. The lowest BCUT2D eigenvalue weighted by Crippen LogP contribution is -1.86. The van der Waals surface area contributed by atoms with Crippen molar-refractivity contribution in [3.05, 3.63) is 248 Å². The van der Waals surface area contributed by atoms with Gasteiger partial charge in [0.25, 0.3) is 0 Å². The van der Waals surface area contributed by atoms with Gasteiger partial charge in [0.05, 0.1) is 0 Å². The molecule has 0 saturated carbocycles. The van der Waals surface area contributed by atoms with E-state index < -0.39 is 0 Å². The number of rotatable bonds is 16. The molecule has 0 unspecified atom stereocenters. The molecule has 0 heterocycles. The number of benzene rings is 2. The van der Waals surface area contributed by atoms with Crippen molar-refractivity contribution in [1.29, 1.82) is 0 Å². The van der Waals surface area contributed by atoms with Crippen LogP contribution in [-0.2, 0) is 0 Å². The van der Waals surface area contributed by atoms with Crippen LogP contribution in [0.3, 0.4) is 0 Å². The quantitative estimate of drug-likeness (QED) is 0.184. The summed E-state index contributed by atoms with van der Waals surface area (Å²) in [6, 6.07) is 20.9. The van der Waals surface area contributed by atoms with Crippen molar-refractivity contribution in [2.45, 2.75) is 0 Å². The molecule has 0 N–H and O–H groups in total. The highest BCUT2D eigenvalue weighted by molar-refractivity contribution is 5.80. The van der Waals surface area contributed by atoms with Crippen LogP contribution in [0.2, 0.25) is 0 Å². The van der Waals surface area contributed by atoms with Crippen LogP contribution in [0.4, 0.5) is 0 Å². The molecule has 2 rings (SSSR count). The Bertz CT molecular complexity index is 1390. The fourth-order valence-electron chi connectivity index (χ4n) is 3.36. The van der Waals surface area contributed by atoms with E-state index in [9.17, 15) is 0 Å². The summed E-state index contributed by atoms with van der Waals surface area (Å²) < 4.78 is 0. The first-order chi connectivity index (χ1) is 20.9. The van der Waals surface area contributed by atoms with E-state index >= 15 is 0 Å². The molecule has 2 aromatic rings. The largest absolute Gasteiger partial charge is 0.0991 e. The first-order valence-electron chi connectivity index (χ1n) is 14.0. The van der Waals surface area contributed by atoms with Crippen molar-refractivity contribution in [2.24, 2.45) is 0 Å². The Labute approximate surface area is 253 Å². The van der Waals surface area contributed by atoms with Gasteiger partial charge in [-0.1, -0.05) is 237 Å². The maximum absolute atomic E-state index is 3.62. The topological polar surface area (TPSA) is 0 Å². The van der Waals surface area contributed by atoms with Gasteiger partial charge < -0.3 is 0 Å². The minimum absolute atomic E-state index is 1.20. The lowest BCUT2D eigenvalue weighted by atomic mass is 9.97. The average Bonchev–Trinajstić information content (AvgIpc) is 3.03. The van der Waals surface area contributed by atoms with E-state index in [-0.39, 0.29) is 0 Å². The smallest absolute Gasteiger partial charge is 0.0111 e. The van der Waals surface area contributed by atoms with Gasteiger partial charge >= 0.3 is 0 Å². The van der Waals surface area contributed by atoms with Gasteiger partial charge in [0, 0.05) is 0 Å². The van der Waals surface area contributed by atoms with Gasteiger partial charge in [-0.3, -0.25) is 0 Å². The summed E-state index contributed by atoms with van der Waals surface area (Å²) in [6.45, 7) is 3.62. The molecule has 0 bridgehead atoms. The zero-order valence-corrected chi connectivity index (χ0v) is 24.1. The Morgan fingerprint density at radius 2 is 0.548 bits per heavy atom. The molecule has 0 amide bonds. The third-order valence-electron chi connectivity index (χ3n) is 5.35. The highest BCUT2D eigenvalue weighted by Crippen LogP contribution is 2.23. The third-order valence-corrected chi connectivity index (χ3v) is 5.35. The molecule has 0 aromatic heterocycles. The van der Waals surface area contributed by atoms with Crippen molar-refractivity contribution < 1.29 is 0 Å². The fourth-order valence-corrected chi connectivity index (χ4v) is 3.36. The van der Waals surface area contributed by atoms with Crippen LogP contribution < -0.4 is 0 Å².